The lowest BCUT2D eigenvalue weighted by atomic mass is 10.1. The fourth-order valence-corrected chi connectivity index (χ4v) is 8.83. The molecule has 0 atom stereocenters. The number of aromatic nitrogens is 6. The molecule has 4 aromatic heterocycles. The number of aromatic hydroxyl groups is 3. The van der Waals surface area contributed by atoms with Crippen LogP contribution in [0.3, 0.4) is 0 Å². The maximum atomic E-state index is 11.4. The number of rotatable bonds is 21. The lowest BCUT2D eigenvalue weighted by Crippen LogP contribution is -2.10. The molecule has 5 aromatic carbocycles. The number of nitrogens with two attached hydrogens (primary N) is 1. The monoisotopic (exact) mass is 1340 g/mol. The number of aliphatic hydroxyl groups is 1. The lowest BCUT2D eigenvalue weighted by molar-refractivity contribution is 0.110. The lowest BCUT2D eigenvalue weighted by Gasteiger charge is -2.18. The summed E-state index contributed by atoms with van der Waals surface area (Å²) < 4.78 is 40.2. The number of nitrogen functional groups attached to an aromatic ring is 1. The van der Waals surface area contributed by atoms with Gasteiger partial charge in [-0.1, -0.05) is 19.6 Å². The highest BCUT2D eigenvalue weighted by molar-refractivity contribution is 5.87. The summed E-state index contributed by atoms with van der Waals surface area (Å²) in [4.78, 5) is 49.0. The van der Waals surface area contributed by atoms with Crippen LogP contribution in [0.5, 0.6) is 57.5 Å². The molecular weight excluding hydrogens is 1240 g/mol. The van der Waals surface area contributed by atoms with E-state index in [0.717, 1.165) is 68.7 Å². The molecule has 4 heterocycles. The fraction of sp³-hybridized carbons (Fsp3) is 0.319. The summed E-state index contributed by atoms with van der Waals surface area (Å²) in [6.07, 6.45) is 8.71. The van der Waals surface area contributed by atoms with E-state index >= 15 is 0 Å². The molecule has 0 spiro atoms. The van der Waals surface area contributed by atoms with Crippen LogP contribution in [0, 0.1) is 0 Å². The Labute approximate surface area is 569 Å². The van der Waals surface area contributed by atoms with E-state index < -0.39 is 0 Å². The molecule has 0 fully saturated rings. The van der Waals surface area contributed by atoms with Crippen molar-refractivity contribution >= 4 is 47.3 Å². The number of aldehydes is 3. The minimum Gasteiger partial charge on any atom is -0.507 e. The molecule has 0 aliphatic carbocycles. The zero-order valence-corrected chi connectivity index (χ0v) is 57.9. The zero-order valence-electron chi connectivity index (χ0n) is 57.9. The fourth-order valence-electron chi connectivity index (χ4n) is 8.83. The Hall–Kier alpha value is -11.2. The van der Waals surface area contributed by atoms with Crippen LogP contribution in [0.25, 0.3) is 22.8 Å². The van der Waals surface area contributed by atoms with Crippen LogP contribution in [0.4, 0.5) is 28.4 Å². The molecule has 0 unspecified atom stereocenters. The normalized spacial score (nSPS) is 10.1. The minimum atomic E-state index is -0.210. The van der Waals surface area contributed by atoms with Gasteiger partial charge in [0.05, 0.1) is 88.7 Å². The van der Waals surface area contributed by atoms with Crippen molar-refractivity contribution in [2.45, 2.75) is 60.4 Å². The zero-order chi connectivity index (χ0) is 71.3. The summed E-state index contributed by atoms with van der Waals surface area (Å²) in [6, 6.07) is 32.5. The van der Waals surface area contributed by atoms with Crippen LogP contribution >= 0.6 is 0 Å². The summed E-state index contributed by atoms with van der Waals surface area (Å²) in [5, 5.41) is 46.7. The maximum Gasteiger partial charge on any atom is 0.157 e. The first-order valence-electron chi connectivity index (χ1n) is 29.9. The number of carbonyl (C=O) groups is 3. The van der Waals surface area contributed by atoms with Gasteiger partial charge in [0.15, 0.2) is 18.9 Å². The van der Waals surface area contributed by atoms with E-state index in [1.54, 1.807) is 109 Å². The topological polar surface area (TPSA) is 297 Å². The van der Waals surface area contributed by atoms with E-state index in [4.69, 9.17) is 38.9 Å². The van der Waals surface area contributed by atoms with Gasteiger partial charge in [0, 0.05) is 206 Å². The van der Waals surface area contributed by atoms with E-state index in [2.05, 4.69) is 47.9 Å². The Morgan fingerprint density at radius 3 is 1.18 bits per heavy atom. The van der Waals surface area contributed by atoms with Crippen LogP contribution in [-0.4, -0.2) is 168 Å². The first-order chi connectivity index (χ1) is 45.8. The summed E-state index contributed by atoms with van der Waals surface area (Å²) in [7, 11) is 24.6. The van der Waals surface area contributed by atoms with Crippen molar-refractivity contribution in [3.05, 3.63) is 162 Å². The number of methoxy groups -OCH3 is 6. The van der Waals surface area contributed by atoms with Crippen LogP contribution in [0.2, 0.25) is 0 Å². The molecular formula is C72H95N11O14. The van der Waals surface area contributed by atoms with E-state index in [1.165, 1.54) is 32.4 Å². The molecule has 6 N–H and O–H groups in total. The highest BCUT2D eigenvalue weighted by atomic mass is 16.5. The Balaban J connectivity index is 0.000000313. The van der Waals surface area contributed by atoms with Gasteiger partial charge in [-0.15, -0.1) is 0 Å². The second-order valence-corrected chi connectivity index (χ2v) is 22.2. The second-order valence-electron chi connectivity index (χ2n) is 22.2. The number of nitrogens with zero attached hydrogens (tertiary/aromatic N) is 10. The first kappa shape index (κ1) is 80.0. The summed E-state index contributed by atoms with van der Waals surface area (Å²) >= 11 is 0. The van der Waals surface area contributed by atoms with E-state index in [1.807, 2.05) is 121 Å². The van der Waals surface area contributed by atoms with Gasteiger partial charge in [-0.25, -0.2) is 0 Å². The Morgan fingerprint density at radius 2 is 0.804 bits per heavy atom. The molecule has 0 radical (unpaired) electrons. The predicted molar refractivity (Wildman–Crippen MR) is 383 cm³/mol. The standard InChI is InChI=1S/C21H24N4O3.C12H15N3O.C11H15NO3.C10H15NO2.C9H11NO3.C8H11NO2.CH4/c1-14(2)25-18(7-9-23-25)21-15(6-5-8-22-21)13-28-20-11-16(24(3)4)10-19(27)17(20)12-26;1-9(2)15-11(5-7-14-15)12-10(8-16)4-3-6-13-12;1-12(2)8-5-10(14-3)9(7-13)11(6-8)15-4;1-11(2)8-5-9(12-3)7-10(6-8)13-4;1-10(2)6-3-8(12)7(5-11)9(13)4-6;1-10-7-3-6(9)4-8(5-7)11-2;/h5-12,14,27H,13H2,1-4H3;3-7,9,16H,8H2,1-2H3;5-7H,1-4H3;5-7H,1-4H3;3-5,12-13H,1-2H3;3-5H,9H2,1-2H3;1H4. The molecule has 0 bridgehead atoms. The van der Waals surface area contributed by atoms with Crippen LogP contribution in [-0.2, 0) is 13.2 Å². The largest absolute Gasteiger partial charge is 0.507 e. The number of hydrogen-bond donors (Lipinski definition) is 5. The van der Waals surface area contributed by atoms with Crippen molar-refractivity contribution in [3.63, 3.8) is 0 Å². The third-order valence-electron chi connectivity index (χ3n) is 14.0. The Morgan fingerprint density at radius 1 is 0.454 bits per heavy atom. The van der Waals surface area contributed by atoms with Crippen molar-refractivity contribution in [3.8, 4) is 80.3 Å². The maximum absolute atomic E-state index is 11.4. The molecule has 97 heavy (non-hydrogen) atoms. The van der Waals surface area contributed by atoms with E-state index in [9.17, 15) is 34.8 Å². The highest BCUT2D eigenvalue weighted by Gasteiger charge is 2.19. The van der Waals surface area contributed by atoms with Crippen molar-refractivity contribution in [2.24, 2.45) is 0 Å². The smallest absolute Gasteiger partial charge is 0.157 e. The quantitative estimate of drug-likeness (QED) is 0.0330. The highest BCUT2D eigenvalue weighted by Crippen LogP contribution is 2.36. The van der Waals surface area contributed by atoms with E-state index in [0.29, 0.717) is 58.3 Å². The van der Waals surface area contributed by atoms with Gasteiger partial charge in [0.25, 0.3) is 0 Å². The van der Waals surface area contributed by atoms with Crippen molar-refractivity contribution < 1.29 is 68.0 Å². The van der Waals surface area contributed by atoms with Gasteiger partial charge in [-0.05, 0) is 52.0 Å². The van der Waals surface area contributed by atoms with Crippen molar-refractivity contribution in [1.82, 2.24) is 29.5 Å². The number of ether oxygens (including phenoxy) is 7. The summed E-state index contributed by atoms with van der Waals surface area (Å²) in [5.74, 6) is 3.87. The van der Waals surface area contributed by atoms with Crippen LogP contribution in [0.1, 0.15) is 89.4 Å². The number of phenols is 3. The molecule has 25 nitrogen and oxygen atoms in total. The third kappa shape index (κ3) is 22.8. The molecule has 0 aliphatic heterocycles. The van der Waals surface area contributed by atoms with E-state index in [-0.39, 0.29) is 61.1 Å². The average Bonchev–Trinajstić information content (AvgIpc) is 1.83. The summed E-state index contributed by atoms with van der Waals surface area (Å²) in [6.45, 7) is 8.44. The number of anilines is 5. The molecule has 9 aromatic rings. The molecule has 522 valence electrons. The molecule has 0 amide bonds. The van der Waals surface area contributed by atoms with Crippen LogP contribution in [0.15, 0.2) is 134 Å². The van der Waals surface area contributed by atoms with Crippen molar-refractivity contribution in [1.29, 1.82) is 0 Å². The minimum absolute atomic E-state index is 0. The van der Waals surface area contributed by atoms with Gasteiger partial charge in [0.2, 0.25) is 0 Å². The molecule has 0 aliphatic rings. The van der Waals surface area contributed by atoms with Gasteiger partial charge >= 0.3 is 0 Å². The number of pyridine rings is 2. The van der Waals surface area contributed by atoms with Gasteiger partial charge in [0.1, 0.15) is 64.1 Å². The van der Waals surface area contributed by atoms with Gasteiger partial charge in [-0.2, -0.15) is 10.2 Å². The first-order valence-corrected chi connectivity index (χ1v) is 29.9. The van der Waals surface area contributed by atoms with Gasteiger partial charge < -0.3 is 78.9 Å². The molecule has 9 rings (SSSR count). The number of carbonyl (C=O) groups excluding carboxylic acids is 3. The molecule has 25 heteroatoms. The SMILES string of the molecule is C.CC(C)n1nccc1-c1ncccc1CO.CC(C)n1nccc1-c1ncccc1COc1cc(N(C)C)cc(O)c1C=O.CN(C)c1cc(O)c(C=O)c(O)c1.COc1cc(N(C)C)cc(OC)c1C=O.COc1cc(N)cc(OC)c1.COc1cc(OC)cc(N(C)C)c1. The van der Waals surface area contributed by atoms with Crippen LogP contribution < -0.4 is 58.5 Å². The van der Waals surface area contributed by atoms with Crippen molar-refractivity contribution in [2.75, 3.05) is 124 Å². The van der Waals surface area contributed by atoms with Gasteiger partial charge in [-0.3, -0.25) is 33.7 Å². The molecule has 0 saturated heterocycles. The predicted octanol–water partition coefficient (Wildman–Crippen LogP) is 12.0. The Bertz CT molecular complexity index is 3830. The third-order valence-corrected chi connectivity index (χ3v) is 14.0. The number of benzene rings is 5. The number of hydrogen-bond acceptors (Lipinski definition) is 23. The number of aliphatic hydroxyl groups excluding tert-OH is 1. The number of phenolic OH excluding ortho intramolecular Hbond substituents is 3. The second kappa shape index (κ2) is 39.5. The average molecular weight is 1340 g/mol. The summed E-state index contributed by atoms with van der Waals surface area (Å²) in [5.41, 5.74) is 15.1. The Kier molecular flexibility index (Phi) is 32.6. The molecule has 0 saturated carbocycles.